The number of aryl methyl sites for hydroxylation is 1. The molecule has 22 heavy (non-hydrogen) atoms. The lowest BCUT2D eigenvalue weighted by Crippen LogP contribution is -2.62. The van der Waals surface area contributed by atoms with Gasteiger partial charge in [0.15, 0.2) is 6.61 Å². The first-order chi connectivity index (χ1) is 10.5. The topological polar surface area (TPSA) is 66.9 Å². The second-order valence-electron chi connectivity index (χ2n) is 5.40. The number of carbonyl (C=O) groups is 3. The van der Waals surface area contributed by atoms with Gasteiger partial charge in [0, 0.05) is 24.0 Å². The van der Waals surface area contributed by atoms with Crippen LogP contribution in [-0.4, -0.2) is 53.4 Å². The third-order valence-corrected chi connectivity index (χ3v) is 4.43. The molecule has 0 bridgehead atoms. The summed E-state index contributed by atoms with van der Waals surface area (Å²) < 4.78 is 5.69. The third-order valence-electron chi connectivity index (χ3n) is 3.91. The zero-order chi connectivity index (χ0) is 15.7. The minimum absolute atomic E-state index is 0.0409. The molecule has 0 saturated carbocycles. The molecule has 0 N–H and O–H groups in total. The first-order valence-corrected chi connectivity index (χ1v) is 7.85. The van der Waals surface area contributed by atoms with E-state index in [2.05, 4.69) is 20.7 Å². The maximum atomic E-state index is 12.1. The first kappa shape index (κ1) is 15.0. The minimum atomic E-state index is -0.600. The normalized spacial score (nSPS) is 18.4. The van der Waals surface area contributed by atoms with Crippen LogP contribution in [0.2, 0.25) is 0 Å². The Hall–Kier alpha value is -1.89. The molecule has 2 fully saturated rings. The summed E-state index contributed by atoms with van der Waals surface area (Å²) in [5, 5.41) is 0. The molecule has 3 amide bonds. The molecular formula is C15H15BrN2O4. The smallest absolute Gasteiger partial charge is 0.417 e. The molecule has 2 aliphatic heterocycles. The van der Waals surface area contributed by atoms with Gasteiger partial charge in [-0.2, -0.15) is 0 Å². The van der Waals surface area contributed by atoms with Crippen LogP contribution in [0.3, 0.4) is 0 Å². The molecule has 0 spiro atoms. The van der Waals surface area contributed by atoms with E-state index in [9.17, 15) is 14.4 Å². The molecule has 2 heterocycles. The SMILES string of the molecule is O=C(CCc1ccc(Br)cc1)N1CC(N2C(=O)COC2=O)C1. The fraction of sp³-hybridized carbons (Fsp3) is 0.400. The molecule has 0 atom stereocenters. The first-order valence-electron chi connectivity index (χ1n) is 7.05. The molecule has 0 aromatic heterocycles. The third kappa shape index (κ3) is 2.99. The summed E-state index contributed by atoms with van der Waals surface area (Å²) in [6.45, 7) is 0.618. The number of carbonyl (C=O) groups excluding carboxylic acids is 3. The number of hydrogen-bond acceptors (Lipinski definition) is 4. The Kier molecular flexibility index (Phi) is 4.15. The van der Waals surface area contributed by atoms with Crippen molar-refractivity contribution in [3.8, 4) is 0 Å². The van der Waals surface area contributed by atoms with E-state index in [0.717, 1.165) is 14.9 Å². The van der Waals surface area contributed by atoms with E-state index in [1.54, 1.807) is 4.90 Å². The molecule has 6 nitrogen and oxygen atoms in total. The van der Waals surface area contributed by atoms with Gasteiger partial charge in [-0.05, 0) is 24.1 Å². The van der Waals surface area contributed by atoms with Crippen molar-refractivity contribution in [1.82, 2.24) is 9.80 Å². The van der Waals surface area contributed by atoms with Gasteiger partial charge in [0.05, 0.1) is 6.04 Å². The number of ether oxygens (including phenoxy) is 1. The summed E-state index contributed by atoms with van der Waals surface area (Å²) in [5.41, 5.74) is 1.10. The van der Waals surface area contributed by atoms with Crippen LogP contribution in [0.5, 0.6) is 0 Å². The molecule has 0 radical (unpaired) electrons. The van der Waals surface area contributed by atoms with Crippen LogP contribution >= 0.6 is 15.9 Å². The molecule has 7 heteroatoms. The number of benzene rings is 1. The van der Waals surface area contributed by atoms with Crippen LogP contribution in [-0.2, 0) is 20.7 Å². The largest absolute Gasteiger partial charge is 0.439 e. The van der Waals surface area contributed by atoms with Gasteiger partial charge >= 0.3 is 6.09 Å². The maximum Gasteiger partial charge on any atom is 0.417 e. The summed E-state index contributed by atoms with van der Waals surface area (Å²) in [4.78, 5) is 37.8. The highest BCUT2D eigenvalue weighted by Gasteiger charge is 2.44. The average Bonchev–Trinajstić information content (AvgIpc) is 2.77. The van der Waals surface area contributed by atoms with Crippen molar-refractivity contribution < 1.29 is 19.1 Å². The number of hydrogen-bond donors (Lipinski definition) is 0. The Morgan fingerprint density at radius 3 is 2.50 bits per heavy atom. The molecule has 2 aliphatic rings. The Labute approximate surface area is 136 Å². The number of rotatable bonds is 4. The van der Waals surface area contributed by atoms with Gasteiger partial charge in [0.1, 0.15) is 0 Å². The molecule has 0 aliphatic carbocycles. The monoisotopic (exact) mass is 366 g/mol. The number of likely N-dealkylation sites (tertiary alicyclic amines) is 1. The van der Waals surface area contributed by atoms with Crippen LogP contribution < -0.4 is 0 Å². The van der Waals surface area contributed by atoms with E-state index >= 15 is 0 Å². The number of cyclic esters (lactones) is 1. The van der Waals surface area contributed by atoms with Crippen molar-refractivity contribution in [3.63, 3.8) is 0 Å². The summed E-state index contributed by atoms with van der Waals surface area (Å²) in [6, 6.07) is 7.62. The van der Waals surface area contributed by atoms with Crippen molar-refractivity contribution in [1.29, 1.82) is 0 Å². The standard InChI is InChI=1S/C15H15BrN2O4/c16-11-4-1-10(2-5-11)3-6-13(19)17-7-12(8-17)18-14(20)9-22-15(18)21/h1-2,4-5,12H,3,6-9H2. The molecule has 1 aromatic rings. The fourth-order valence-corrected chi connectivity index (χ4v) is 2.86. The second kappa shape index (κ2) is 6.08. The summed E-state index contributed by atoms with van der Waals surface area (Å²) in [7, 11) is 0. The number of amides is 3. The molecule has 2 saturated heterocycles. The van der Waals surface area contributed by atoms with E-state index in [1.807, 2.05) is 24.3 Å². The second-order valence-corrected chi connectivity index (χ2v) is 6.31. The molecule has 1 aromatic carbocycles. The van der Waals surface area contributed by atoms with Crippen LogP contribution in [0.25, 0.3) is 0 Å². The van der Waals surface area contributed by atoms with E-state index < -0.39 is 6.09 Å². The van der Waals surface area contributed by atoms with Crippen LogP contribution in [0, 0.1) is 0 Å². The summed E-state index contributed by atoms with van der Waals surface area (Å²) in [5.74, 6) is -0.281. The van der Waals surface area contributed by atoms with E-state index in [1.165, 1.54) is 0 Å². The van der Waals surface area contributed by atoms with Crippen LogP contribution in [0.15, 0.2) is 28.7 Å². The van der Waals surface area contributed by atoms with E-state index in [4.69, 9.17) is 0 Å². The van der Waals surface area contributed by atoms with Gasteiger partial charge in [-0.1, -0.05) is 28.1 Å². The molecular weight excluding hydrogens is 352 g/mol. The highest BCUT2D eigenvalue weighted by Crippen LogP contribution is 2.21. The Bertz CT molecular complexity index is 594. The quantitative estimate of drug-likeness (QED) is 0.811. The van der Waals surface area contributed by atoms with Crippen LogP contribution in [0.4, 0.5) is 4.79 Å². The Morgan fingerprint density at radius 2 is 1.91 bits per heavy atom. The van der Waals surface area contributed by atoms with Crippen molar-refractivity contribution in [2.45, 2.75) is 18.9 Å². The summed E-state index contributed by atoms with van der Waals surface area (Å²) in [6.07, 6.45) is 0.502. The van der Waals surface area contributed by atoms with Crippen molar-refractivity contribution in [2.24, 2.45) is 0 Å². The van der Waals surface area contributed by atoms with Crippen molar-refractivity contribution >= 4 is 33.8 Å². The van der Waals surface area contributed by atoms with Gasteiger partial charge in [-0.25, -0.2) is 9.69 Å². The minimum Gasteiger partial charge on any atom is -0.439 e. The predicted molar refractivity (Wildman–Crippen MR) is 81.0 cm³/mol. The Morgan fingerprint density at radius 1 is 1.23 bits per heavy atom. The molecule has 3 rings (SSSR count). The number of imide groups is 1. The molecule has 116 valence electrons. The fourth-order valence-electron chi connectivity index (χ4n) is 2.60. The van der Waals surface area contributed by atoms with Crippen molar-refractivity contribution in [3.05, 3.63) is 34.3 Å². The predicted octanol–water partition coefficient (Wildman–Crippen LogP) is 1.57. The number of nitrogens with zero attached hydrogens (tertiary/aromatic N) is 2. The highest BCUT2D eigenvalue weighted by molar-refractivity contribution is 9.10. The van der Waals surface area contributed by atoms with Crippen LogP contribution in [0.1, 0.15) is 12.0 Å². The van der Waals surface area contributed by atoms with Crippen molar-refractivity contribution in [2.75, 3.05) is 19.7 Å². The van der Waals surface area contributed by atoms with E-state index in [-0.39, 0.29) is 24.5 Å². The van der Waals surface area contributed by atoms with Gasteiger partial charge in [-0.3, -0.25) is 9.59 Å². The maximum absolute atomic E-state index is 12.1. The van der Waals surface area contributed by atoms with E-state index in [0.29, 0.717) is 25.9 Å². The van der Waals surface area contributed by atoms with Gasteiger partial charge in [-0.15, -0.1) is 0 Å². The van der Waals surface area contributed by atoms with Gasteiger partial charge in [0.2, 0.25) is 5.91 Å². The lowest BCUT2D eigenvalue weighted by molar-refractivity contribution is -0.142. The van der Waals surface area contributed by atoms with Gasteiger partial charge < -0.3 is 9.64 Å². The Balaban J connectivity index is 1.46. The zero-order valence-corrected chi connectivity index (χ0v) is 13.4. The zero-order valence-electron chi connectivity index (χ0n) is 11.8. The lowest BCUT2D eigenvalue weighted by Gasteiger charge is -2.42. The molecule has 0 unspecified atom stereocenters. The summed E-state index contributed by atoms with van der Waals surface area (Å²) >= 11 is 3.37. The lowest BCUT2D eigenvalue weighted by atomic mass is 10.0. The average molecular weight is 367 g/mol. The van der Waals surface area contributed by atoms with Gasteiger partial charge in [0.25, 0.3) is 5.91 Å². The number of halogens is 1. The highest BCUT2D eigenvalue weighted by atomic mass is 79.9.